The van der Waals surface area contributed by atoms with Crippen LogP contribution in [-0.2, 0) is 4.79 Å². The van der Waals surface area contributed by atoms with Crippen LogP contribution in [0.1, 0.15) is 37.2 Å². The van der Waals surface area contributed by atoms with Gasteiger partial charge < -0.3 is 14.8 Å². The number of nitrogens with zero attached hydrogens (tertiary/aromatic N) is 1. The van der Waals surface area contributed by atoms with E-state index in [0.29, 0.717) is 18.3 Å². The third kappa shape index (κ3) is 5.31. The number of aliphatic hydroxyl groups is 1. The first-order valence-electron chi connectivity index (χ1n) is 8.06. The van der Waals surface area contributed by atoms with Gasteiger partial charge in [-0.15, -0.1) is 0 Å². The lowest BCUT2D eigenvalue weighted by Gasteiger charge is -2.22. The Morgan fingerprint density at radius 1 is 1.50 bits per heavy atom. The first kappa shape index (κ1) is 16.8. The summed E-state index contributed by atoms with van der Waals surface area (Å²) < 4.78 is 5.36. The number of hydrogen-bond acceptors (Lipinski definition) is 4. The van der Waals surface area contributed by atoms with Crippen molar-refractivity contribution in [2.45, 2.75) is 38.6 Å². The van der Waals surface area contributed by atoms with Crippen molar-refractivity contribution in [1.29, 1.82) is 0 Å². The molecule has 1 unspecified atom stereocenters. The van der Waals surface area contributed by atoms with Gasteiger partial charge in [-0.1, -0.05) is 0 Å². The van der Waals surface area contributed by atoms with E-state index in [4.69, 9.17) is 4.42 Å². The second-order valence-corrected chi connectivity index (χ2v) is 5.79. The van der Waals surface area contributed by atoms with Gasteiger partial charge >= 0.3 is 0 Å². The Bertz CT molecular complexity index is 496. The van der Waals surface area contributed by atoms with E-state index >= 15 is 0 Å². The Morgan fingerprint density at radius 2 is 2.36 bits per heavy atom. The third-order valence-electron chi connectivity index (χ3n) is 4.04. The van der Waals surface area contributed by atoms with Crippen molar-refractivity contribution >= 4 is 12.0 Å². The molecule has 5 nitrogen and oxygen atoms in total. The number of aryl methyl sites for hydroxylation is 1. The minimum absolute atomic E-state index is 0.0940. The van der Waals surface area contributed by atoms with Crippen LogP contribution in [0.3, 0.4) is 0 Å². The van der Waals surface area contributed by atoms with Crippen molar-refractivity contribution in [2.24, 2.45) is 0 Å². The molecular formula is C17H26N2O3. The molecule has 1 aliphatic rings. The fourth-order valence-corrected chi connectivity index (χ4v) is 2.81. The van der Waals surface area contributed by atoms with Crippen molar-refractivity contribution in [3.63, 3.8) is 0 Å². The van der Waals surface area contributed by atoms with E-state index in [1.54, 1.807) is 6.08 Å². The maximum absolute atomic E-state index is 11.7. The maximum Gasteiger partial charge on any atom is 0.244 e. The molecule has 1 fully saturated rings. The molecule has 2 N–H and O–H groups in total. The van der Waals surface area contributed by atoms with E-state index in [2.05, 4.69) is 10.2 Å². The van der Waals surface area contributed by atoms with Crippen LogP contribution in [0.4, 0.5) is 0 Å². The SMILES string of the molecule is Cc1ccc(/C=C/C(=O)NCCCCN2CCCC2CO)o1. The van der Waals surface area contributed by atoms with Crippen LogP contribution in [-0.4, -0.2) is 48.2 Å². The molecule has 0 saturated carbocycles. The number of carbonyl (C=O) groups excluding carboxylic acids is 1. The van der Waals surface area contributed by atoms with Crippen LogP contribution in [0.5, 0.6) is 0 Å². The smallest absolute Gasteiger partial charge is 0.244 e. The van der Waals surface area contributed by atoms with Crippen molar-refractivity contribution in [1.82, 2.24) is 10.2 Å². The summed E-state index contributed by atoms with van der Waals surface area (Å²) in [6.07, 6.45) is 7.45. The number of carbonyl (C=O) groups is 1. The van der Waals surface area contributed by atoms with E-state index in [1.165, 1.54) is 12.5 Å². The van der Waals surface area contributed by atoms with Gasteiger partial charge in [-0.3, -0.25) is 9.69 Å². The molecule has 1 amide bonds. The second kappa shape index (κ2) is 8.76. The molecule has 0 spiro atoms. The molecule has 1 aromatic heterocycles. The van der Waals surface area contributed by atoms with Crippen LogP contribution in [0.25, 0.3) is 6.08 Å². The highest BCUT2D eigenvalue weighted by molar-refractivity contribution is 5.91. The molecule has 0 aliphatic carbocycles. The van der Waals surface area contributed by atoms with E-state index < -0.39 is 0 Å². The molecule has 0 radical (unpaired) electrons. The molecule has 0 aromatic carbocycles. The van der Waals surface area contributed by atoms with Crippen LogP contribution >= 0.6 is 0 Å². The zero-order valence-corrected chi connectivity index (χ0v) is 13.3. The normalized spacial score (nSPS) is 19.1. The van der Waals surface area contributed by atoms with Crippen LogP contribution in [0.15, 0.2) is 22.6 Å². The number of amides is 1. The summed E-state index contributed by atoms with van der Waals surface area (Å²) in [5, 5.41) is 12.1. The van der Waals surface area contributed by atoms with Gasteiger partial charge in [0.1, 0.15) is 11.5 Å². The summed E-state index contributed by atoms with van der Waals surface area (Å²) in [5.41, 5.74) is 0. The highest BCUT2D eigenvalue weighted by Crippen LogP contribution is 2.16. The molecule has 1 atom stereocenters. The van der Waals surface area contributed by atoms with Crippen LogP contribution < -0.4 is 5.32 Å². The lowest BCUT2D eigenvalue weighted by molar-refractivity contribution is -0.116. The zero-order chi connectivity index (χ0) is 15.8. The van der Waals surface area contributed by atoms with Crippen molar-refractivity contribution in [2.75, 3.05) is 26.2 Å². The number of likely N-dealkylation sites (tertiary alicyclic amines) is 1. The molecule has 1 aliphatic heterocycles. The molecule has 22 heavy (non-hydrogen) atoms. The van der Waals surface area contributed by atoms with Gasteiger partial charge in [0.2, 0.25) is 5.91 Å². The minimum atomic E-state index is -0.0940. The summed E-state index contributed by atoms with van der Waals surface area (Å²) in [4.78, 5) is 14.0. The van der Waals surface area contributed by atoms with Crippen molar-refractivity contribution in [3.8, 4) is 0 Å². The summed E-state index contributed by atoms with van der Waals surface area (Å²) in [7, 11) is 0. The first-order valence-corrected chi connectivity index (χ1v) is 8.06. The lowest BCUT2D eigenvalue weighted by atomic mass is 10.2. The summed E-state index contributed by atoms with van der Waals surface area (Å²) in [6.45, 7) is 4.90. The Labute approximate surface area is 132 Å². The van der Waals surface area contributed by atoms with E-state index in [9.17, 15) is 9.90 Å². The van der Waals surface area contributed by atoms with Gasteiger partial charge in [0.25, 0.3) is 0 Å². The molecule has 2 rings (SSSR count). The third-order valence-corrected chi connectivity index (χ3v) is 4.04. The summed E-state index contributed by atoms with van der Waals surface area (Å²) in [5.74, 6) is 1.43. The van der Waals surface area contributed by atoms with Crippen molar-refractivity contribution < 1.29 is 14.3 Å². The first-order chi connectivity index (χ1) is 10.7. The van der Waals surface area contributed by atoms with Crippen LogP contribution in [0.2, 0.25) is 0 Å². The number of aliphatic hydroxyl groups excluding tert-OH is 1. The van der Waals surface area contributed by atoms with Crippen molar-refractivity contribution in [3.05, 3.63) is 29.7 Å². The maximum atomic E-state index is 11.7. The standard InChI is InChI=1S/C17H26N2O3/c1-14-6-7-16(22-14)8-9-17(21)18-10-2-3-11-19-12-4-5-15(19)13-20/h6-9,15,20H,2-5,10-13H2,1H3,(H,18,21)/b9-8+. The fraction of sp³-hybridized carbons (Fsp3) is 0.588. The second-order valence-electron chi connectivity index (χ2n) is 5.79. The molecule has 122 valence electrons. The average Bonchev–Trinajstić information content (AvgIpc) is 3.13. The Balaban J connectivity index is 1.56. The minimum Gasteiger partial charge on any atom is -0.462 e. The molecule has 5 heteroatoms. The predicted molar refractivity (Wildman–Crippen MR) is 86.4 cm³/mol. The number of furan rings is 1. The molecule has 1 saturated heterocycles. The van der Waals surface area contributed by atoms with E-state index in [1.807, 2.05) is 19.1 Å². The largest absolute Gasteiger partial charge is 0.462 e. The van der Waals surface area contributed by atoms with E-state index in [-0.39, 0.29) is 12.5 Å². The monoisotopic (exact) mass is 306 g/mol. The molecule has 0 bridgehead atoms. The predicted octanol–water partition coefficient (Wildman–Crippen LogP) is 1.95. The van der Waals surface area contributed by atoms with Gasteiger partial charge in [0, 0.05) is 18.7 Å². The summed E-state index contributed by atoms with van der Waals surface area (Å²) >= 11 is 0. The highest BCUT2D eigenvalue weighted by Gasteiger charge is 2.22. The van der Waals surface area contributed by atoms with E-state index in [0.717, 1.165) is 38.1 Å². The lowest BCUT2D eigenvalue weighted by Crippen LogP contribution is -2.33. The van der Waals surface area contributed by atoms with Gasteiger partial charge in [0.15, 0.2) is 0 Å². The van der Waals surface area contributed by atoms with Gasteiger partial charge in [-0.2, -0.15) is 0 Å². The Morgan fingerprint density at radius 3 is 3.09 bits per heavy atom. The summed E-state index contributed by atoms with van der Waals surface area (Å²) in [6, 6.07) is 4.05. The fourth-order valence-electron chi connectivity index (χ4n) is 2.81. The number of unbranched alkanes of at least 4 members (excludes halogenated alkanes) is 1. The highest BCUT2D eigenvalue weighted by atomic mass is 16.3. The van der Waals surface area contributed by atoms with Gasteiger partial charge in [-0.05, 0) is 63.9 Å². The average molecular weight is 306 g/mol. The zero-order valence-electron chi connectivity index (χ0n) is 13.3. The number of rotatable bonds is 8. The molecular weight excluding hydrogens is 280 g/mol. The quantitative estimate of drug-likeness (QED) is 0.569. The van der Waals surface area contributed by atoms with Crippen LogP contribution in [0, 0.1) is 6.92 Å². The molecule has 1 aromatic rings. The molecule has 2 heterocycles. The van der Waals surface area contributed by atoms with Gasteiger partial charge in [-0.25, -0.2) is 0 Å². The Kier molecular flexibility index (Phi) is 6.68. The Hall–Kier alpha value is -1.59. The number of hydrogen-bond donors (Lipinski definition) is 2. The van der Waals surface area contributed by atoms with Gasteiger partial charge in [0.05, 0.1) is 6.61 Å². The topological polar surface area (TPSA) is 65.7 Å². The number of nitrogens with one attached hydrogen (secondary N) is 1.